The first kappa shape index (κ1) is 16.6. The van der Waals surface area contributed by atoms with Crippen LogP contribution < -0.4 is 4.74 Å². The SMILES string of the molecule is O=C(O)CCc1ccc(OCc2nc(-c3ccc(F)cc3)no2)cc1. The maximum absolute atomic E-state index is 12.9. The predicted octanol–water partition coefficient (Wildman–Crippen LogP) is 3.47. The molecule has 0 saturated carbocycles. The van der Waals surface area contributed by atoms with Crippen LogP contribution in [0.25, 0.3) is 11.4 Å². The minimum atomic E-state index is -0.825. The number of carboxylic acid groups (broad SMARTS) is 1. The van der Waals surface area contributed by atoms with E-state index >= 15 is 0 Å². The highest BCUT2D eigenvalue weighted by atomic mass is 19.1. The van der Waals surface area contributed by atoms with E-state index in [0.29, 0.717) is 29.4 Å². The van der Waals surface area contributed by atoms with Gasteiger partial charge in [0.05, 0.1) is 0 Å². The summed E-state index contributed by atoms with van der Waals surface area (Å²) in [7, 11) is 0. The number of aryl methyl sites for hydroxylation is 1. The molecule has 0 spiro atoms. The first-order valence-corrected chi connectivity index (χ1v) is 7.62. The molecular formula is C18H15FN2O4. The van der Waals surface area contributed by atoms with E-state index in [1.807, 2.05) is 12.1 Å². The monoisotopic (exact) mass is 342 g/mol. The number of hydrogen-bond acceptors (Lipinski definition) is 5. The Balaban J connectivity index is 1.57. The molecule has 2 aromatic carbocycles. The number of ether oxygens (including phenoxy) is 1. The van der Waals surface area contributed by atoms with E-state index in [4.69, 9.17) is 14.4 Å². The molecule has 6 nitrogen and oxygen atoms in total. The Hall–Kier alpha value is -3.22. The van der Waals surface area contributed by atoms with Gasteiger partial charge >= 0.3 is 5.97 Å². The van der Waals surface area contributed by atoms with E-state index in [2.05, 4.69) is 10.1 Å². The maximum atomic E-state index is 12.9. The van der Waals surface area contributed by atoms with Crippen molar-refractivity contribution in [1.82, 2.24) is 10.1 Å². The van der Waals surface area contributed by atoms with Crippen molar-refractivity contribution in [3.05, 3.63) is 65.8 Å². The lowest BCUT2D eigenvalue weighted by Crippen LogP contribution is -1.98. The number of nitrogens with zero attached hydrogens (tertiary/aromatic N) is 2. The summed E-state index contributed by atoms with van der Waals surface area (Å²) in [6, 6.07) is 12.9. The van der Waals surface area contributed by atoms with Crippen LogP contribution in [0.1, 0.15) is 17.9 Å². The van der Waals surface area contributed by atoms with Crippen molar-refractivity contribution >= 4 is 5.97 Å². The molecule has 0 aliphatic rings. The van der Waals surface area contributed by atoms with E-state index < -0.39 is 5.97 Å². The van der Waals surface area contributed by atoms with E-state index in [-0.39, 0.29) is 18.8 Å². The Morgan fingerprint density at radius 1 is 1.12 bits per heavy atom. The Morgan fingerprint density at radius 2 is 1.84 bits per heavy atom. The van der Waals surface area contributed by atoms with Crippen LogP contribution in [0.4, 0.5) is 4.39 Å². The molecule has 1 aromatic heterocycles. The summed E-state index contributed by atoms with van der Waals surface area (Å²) in [4.78, 5) is 14.8. The zero-order valence-electron chi connectivity index (χ0n) is 13.2. The molecule has 3 rings (SSSR count). The molecule has 0 fully saturated rings. The van der Waals surface area contributed by atoms with Gasteiger partial charge in [0.15, 0.2) is 6.61 Å². The topological polar surface area (TPSA) is 85.5 Å². The average Bonchev–Trinajstić information content (AvgIpc) is 3.08. The van der Waals surface area contributed by atoms with Crippen molar-refractivity contribution in [3.63, 3.8) is 0 Å². The lowest BCUT2D eigenvalue weighted by molar-refractivity contribution is -0.136. The van der Waals surface area contributed by atoms with Crippen LogP contribution in [-0.4, -0.2) is 21.2 Å². The van der Waals surface area contributed by atoms with Crippen LogP contribution in [0.5, 0.6) is 5.75 Å². The predicted molar refractivity (Wildman–Crippen MR) is 86.4 cm³/mol. The molecular weight excluding hydrogens is 327 g/mol. The molecule has 0 aliphatic carbocycles. The van der Waals surface area contributed by atoms with Gasteiger partial charge in [0.2, 0.25) is 5.82 Å². The number of hydrogen-bond donors (Lipinski definition) is 1. The minimum Gasteiger partial charge on any atom is -0.484 e. The van der Waals surface area contributed by atoms with Crippen molar-refractivity contribution in [1.29, 1.82) is 0 Å². The summed E-state index contributed by atoms with van der Waals surface area (Å²) in [6.07, 6.45) is 0.564. The van der Waals surface area contributed by atoms with Crippen LogP contribution >= 0.6 is 0 Å². The maximum Gasteiger partial charge on any atom is 0.303 e. The molecule has 0 radical (unpaired) electrons. The Labute approximate surface area is 142 Å². The Kier molecular flexibility index (Phi) is 5.03. The molecule has 0 aliphatic heterocycles. The third kappa shape index (κ3) is 4.63. The highest BCUT2D eigenvalue weighted by Crippen LogP contribution is 2.18. The summed E-state index contributed by atoms with van der Waals surface area (Å²) in [5.41, 5.74) is 1.57. The van der Waals surface area contributed by atoms with Crippen LogP contribution in [0.3, 0.4) is 0 Å². The van der Waals surface area contributed by atoms with Gasteiger partial charge in [0.25, 0.3) is 5.89 Å². The van der Waals surface area contributed by atoms with E-state index in [9.17, 15) is 9.18 Å². The number of aliphatic carboxylic acids is 1. The highest BCUT2D eigenvalue weighted by Gasteiger charge is 2.09. The standard InChI is InChI=1S/C18H15FN2O4/c19-14-6-4-13(5-7-14)18-20-16(25-21-18)11-24-15-8-1-12(2-9-15)3-10-17(22)23/h1-2,4-9H,3,10-11H2,(H,22,23). The van der Waals surface area contributed by atoms with Gasteiger partial charge in [0.1, 0.15) is 11.6 Å². The third-order valence-electron chi connectivity index (χ3n) is 3.48. The van der Waals surface area contributed by atoms with Crippen molar-refractivity contribution in [2.45, 2.75) is 19.4 Å². The zero-order chi connectivity index (χ0) is 17.6. The normalized spacial score (nSPS) is 10.6. The van der Waals surface area contributed by atoms with Gasteiger partial charge in [-0.3, -0.25) is 4.79 Å². The molecule has 0 saturated heterocycles. The number of carboxylic acids is 1. The molecule has 25 heavy (non-hydrogen) atoms. The molecule has 0 unspecified atom stereocenters. The fourth-order valence-electron chi connectivity index (χ4n) is 2.18. The van der Waals surface area contributed by atoms with Gasteiger partial charge in [-0.1, -0.05) is 17.3 Å². The van der Waals surface area contributed by atoms with Crippen molar-refractivity contribution in [2.24, 2.45) is 0 Å². The van der Waals surface area contributed by atoms with Gasteiger partial charge < -0.3 is 14.4 Å². The molecule has 1 heterocycles. The summed E-state index contributed by atoms with van der Waals surface area (Å²) in [6.45, 7) is 0.0999. The van der Waals surface area contributed by atoms with Crippen LogP contribution in [-0.2, 0) is 17.8 Å². The third-order valence-corrected chi connectivity index (χ3v) is 3.48. The van der Waals surface area contributed by atoms with Gasteiger partial charge in [-0.25, -0.2) is 4.39 Å². The fraction of sp³-hybridized carbons (Fsp3) is 0.167. The molecule has 1 N–H and O–H groups in total. The summed E-state index contributed by atoms with van der Waals surface area (Å²) >= 11 is 0. The van der Waals surface area contributed by atoms with Crippen LogP contribution in [0.2, 0.25) is 0 Å². The van der Waals surface area contributed by atoms with Crippen LogP contribution in [0.15, 0.2) is 53.1 Å². The van der Waals surface area contributed by atoms with Gasteiger partial charge in [0, 0.05) is 12.0 Å². The second kappa shape index (κ2) is 7.57. The zero-order valence-corrected chi connectivity index (χ0v) is 13.2. The van der Waals surface area contributed by atoms with Crippen molar-refractivity contribution in [3.8, 4) is 17.1 Å². The second-order valence-electron chi connectivity index (χ2n) is 5.34. The molecule has 128 valence electrons. The highest BCUT2D eigenvalue weighted by molar-refractivity contribution is 5.67. The number of carbonyl (C=O) groups is 1. The van der Waals surface area contributed by atoms with Gasteiger partial charge in [-0.2, -0.15) is 4.98 Å². The lowest BCUT2D eigenvalue weighted by Gasteiger charge is -2.04. The number of halogens is 1. The van der Waals surface area contributed by atoms with E-state index in [1.165, 1.54) is 12.1 Å². The molecule has 7 heteroatoms. The molecule has 3 aromatic rings. The summed E-state index contributed by atoms with van der Waals surface area (Å²) < 4.78 is 23.6. The lowest BCUT2D eigenvalue weighted by atomic mass is 10.1. The minimum absolute atomic E-state index is 0.0916. The largest absolute Gasteiger partial charge is 0.484 e. The van der Waals surface area contributed by atoms with Crippen LogP contribution in [0, 0.1) is 5.82 Å². The smallest absolute Gasteiger partial charge is 0.303 e. The average molecular weight is 342 g/mol. The van der Waals surface area contributed by atoms with E-state index in [1.54, 1.807) is 24.3 Å². The number of rotatable bonds is 7. The summed E-state index contributed by atoms with van der Waals surface area (Å²) in [5.74, 6) is 0.119. The molecule has 0 bridgehead atoms. The fourth-order valence-corrected chi connectivity index (χ4v) is 2.18. The quantitative estimate of drug-likeness (QED) is 0.707. The molecule has 0 amide bonds. The van der Waals surface area contributed by atoms with Crippen molar-refractivity contribution in [2.75, 3.05) is 0 Å². The van der Waals surface area contributed by atoms with Gasteiger partial charge in [-0.15, -0.1) is 0 Å². The first-order chi connectivity index (χ1) is 12.1. The number of aromatic nitrogens is 2. The Bertz CT molecular complexity index is 844. The van der Waals surface area contributed by atoms with Crippen molar-refractivity contribution < 1.29 is 23.6 Å². The van der Waals surface area contributed by atoms with E-state index in [0.717, 1.165) is 5.56 Å². The Morgan fingerprint density at radius 3 is 2.52 bits per heavy atom. The summed E-state index contributed by atoms with van der Waals surface area (Å²) in [5, 5.41) is 12.5. The second-order valence-corrected chi connectivity index (χ2v) is 5.34. The number of benzene rings is 2. The van der Waals surface area contributed by atoms with Gasteiger partial charge in [-0.05, 0) is 48.4 Å². The molecule has 0 atom stereocenters. The first-order valence-electron chi connectivity index (χ1n) is 7.62.